The number of rotatable bonds is 4. The van der Waals surface area contributed by atoms with Gasteiger partial charge in [-0.1, -0.05) is 11.2 Å². The van der Waals surface area contributed by atoms with Gasteiger partial charge in [-0.25, -0.2) is 0 Å². The van der Waals surface area contributed by atoms with E-state index in [4.69, 9.17) is 8.94 Å². The zero-order valence-electron chi connectivity index (χ0n) is 7.97. The van der Waals surface area contributed by atoms with E-state index in [9.17, 15) is 4.79 Å². The Hall–Kier alpha value is -2.10. The molecule has 4 heteroatoms. The molecule has 0 aliphatic heterocycles. The molecule has 0 fully saturated rings. The van der Waals surface area contributed by atoms with E-state index in [2.05, 4.69) is 11.7 Å². The molecule has 0 saturated carbocycles. The molecule has 2 aromatic heterocycles. The lowest BCUT2D eigenvalue weighted by molar-refractivity contribution is 0.103. The highest BCUT2D eigenvalue weighted by Crippen LogP contribution is 2.15. The Labute approximate surface area is 86.2 Å². The molecule has 2 rings (SSSR count). The van der Waals surface area contributed by atoms with Gasteiger partial charge in [0, 0.05) is 6.42 Å². The molecule has 76 valence electrons. The van der Waals surface area contributed by atoms with Crippen LogP contribution in [0.3, 0.4) is 0 Å². The molecule has 0 aliphatic carbocycles. The summed E-state index contributed by atoms with van der Waals surface area (Å²) >= 11 is 0. The highest BCUT2D eigenvalue weighted by molar-refractivity contribution is 6.09. The van der Waals surface area contributed by atoms with Crippen LogP contribution >= 0.6 is 0 Å². The second-order valence-corrected chi connectivity index (χ2v) is 3.00. The quantitative estimate of drug-likeness (QED) is 0.564. The molecule has 0 spiro atoms. The SMILES string of the molecule is C=CCc1oncc1C(=O)c1ccoc1. The lowest BCUT2D eigenvalue weighted by atomic mass is 10.1. The maximum atomic E-state index is 11.9. The molecule has 0 aliphatic rings. The average Bonchev–Trinajstić information content (AvgIpc) is 2.87. The van der Waals surface area contributed by atoms with Gasteiger partial charge < -0.3 is 8.94 Å². The first-order chi connectivity index (χ1) is 7.33. The molecule has 0 aromatic carbocycles. The topological polar surface area (TPSA) is 56.2 Å². The fraction of sp³-hybridized carbons (Fsp3) is 0.0909. The van der Waals surface area contributed by atoms with E-state index >= 15 is 0 Å². The van der Waals surface area contributed by atoms with Crippen LogP contribution in [0.5, 0.6) is 0 Å². The predicted molar refractivity (Wildman–Crippen MR) is 52.5 cm³/mol. The number of nitrogens with zero attached hydrogens (tertiary/aromatic N) is 1. The van der Waals surface area contributed by atoms with Crippen LogP contribution in [0, 0.1) is 0 Å². The molecule has 0 radical (unpaired) electrons. The summed E-state index contributed by atoms with van der Waals surface area (Å²) in [5.41, 5.74) is 0.944. The molecule has 0 bridgehead atoms. The zero-order valence-corrected chi connectivity index (χ0v) is 7.97. The minimum Gasteiger partial charge on any atom is -0.472 e. The zero-order chi connectivity index (χ0) is 10.7. The summed E-state index contributed by atoms with van der Waals surface area (Å²) in [4.78, 5) is 11.9. The Kier molecular flexibility index (Phi) is 2.49. The maximum Gasteiger partial charge on any atom is 0.201 e. The molecule has 0 atom stereocenters. The summed E-state index contributed by atoms with van der Waals surface area (Å²) in [5, 5.41) is 3.60. The van der Waals surface area contributed by atoms with Crippen molar-refractivity contribution in [2.75, 3.05) is 0 Å². The summed E-state index contributed by atoms with van der Waals surface area (Å²) in [7, 11) is 0. The number of hydrogen-bond acceptors (Lipinski definition) is 4. The number of carbonyl (C=O) groups is 1. The van der Waals surface area contributed by atoms with E-state index in [1.807, 2.05) is 0 Å². The van der Waals surface area contributed by atoms with Crippen LogP contribution in [0.1, 0.15) is 21.7 Å². The third-order valence-electron chi connectivity index (χ3n) is 2.00. The van der Waals surface area contributed by atoms with Crippen molar-refractivity contribution in [1.29, 1.82) is 0 Å². The fourth-order valence-corrected chi connectivity index (χ4v) is 1.28. The van der Waals surface area contributed by atoms with Crippen molar-refractivity contribution in [1.82, 2.24) is 5.16 Å². The molecule has 0 amide bonds. The average molecular weight is 203 g/mol. The number of carbonyl (C=O) groups excluding carboxylic acids is 1. The molecule has 0 N–H and O–H groups in total. The van der Waals surface area contributed by atoms with Gasteiger partial charge in [-0.2, -0.15) is 0 Å². The van der Waals surface area contributed by atoms with Crippen LogP contribution < -0.4 is 0 Å². The van der Waals surface area contributed by atoms with Crippen LogP contribution in [0.25, 0.3) is 0 Å². The Bertz CT molecular complexity index is 468. The first kappa shape index (κ1) is 9.45. The molecule has 0 saturated heterocycles. The van der Waals surface area contributed by atoms with Crippen LogP contribution in [-0.2, 0) is 6.42 Å². The van der Waals surface area contributed by atoms with Crippen LogP contribution in [0.2, 0.25) is 0 Å². The lowest BCUT2D eigenvalue weighted by Gasteiger charge is -1.94. The van der Waals surface area contributed by atoms with Gasteiger partial charge in [-0.3, -0.25) is 4.79 Å². The summed E-state index contributed by atoms with van der Waals surface area (Å²) in [6.07, 6.45) is 6.40. The Morgan fingerprint density at radius 2 is 2.47 bits per heavy atom. The Morgan fingerprint density at radius 3 is 3.13 bits per heavy atom. The largest absolute Gasteiger partial charge is 0.472 e. The number of hydrogen-bond donors (Lipinski definition) is 0. The molecular formula is C11H9NO3. The van der Waals surface area contributed by atoms with Gasteiger partial charge in [0.15, 0.2) is 5.76 Å². The van der Waals surface area contributed by atoms with Gasteiger partial charge in [0.25, 0.3) is 0 Å². The number of allylic oxidation sites excluding steroid dienone is 1. The molecule has 2 heterocycles. The van der Waals surface area contributed by atoms with E-state index in [1.54, 1.807) is 12.1 Å². The smallest absolute Gasteiger partial charge is 0.201 e. The third-order valence-corrected chi connectivity index (χ3v) is 2.00. The number of furan rings is 1. The first-order valence-electron chi connectivity index (χ1n) is 4.44. The summed E-state index contributed by atoms with van der Waals surface area (Å²) < 4.78 is 9.79. The number of ketones is 1. The monoisotopic (exact) mass is 203 g/mol. The maximum absolute atomic E-state index is 11.9. The van der Waals surface area contributed by atoms with Crippen molar-refractivity contribution in [2.24, 2.45) is 0 Å². The molecule has 4 nitrogen and oxygen atoms in total. The van der Waals surface area contributed by atoms with Gasteiger partial charge in [0.2, 0.25) is 5.78 Å². The van der Waals surface area contributed by atoms with Crippen LogP contribution in [-0.4, -0.2) is 10.9 Å². The van der Waals surface area contributed by atoms with E-state index in [1.165, 1.54) is 18.7 Å². The standard InChI is InChI=1S/C11H9NO3/c1-2-3-10-9(6-12-15-10)11(13)8-4-5-14-7-8/h2,4-7H,1,3H2. The fourth-order valence-electron chi connectivity index (χ4n) is 1.28. The Morgan fingerprint density at radius 1 is 1.60 bits per heavy atom. The van der Waals surface area contributed by atoms with Crippen molar-refractivity contribution < 1.29 is 13.7 Å². The summed E-state index contributed by atoms with van der Waals surface area (Å²) in [5.74, 6) is 0.373. The summed E-state index contributed by atoms with van der Waals surface area (Å²) in [6, 6.07) is 1.60. The van der Waals surface area contributed by atoms with Crippen molar-refractivity contribution in [2.45, 2.75) is 6.42 Å². The van der Waals surface area contributed by atoms with Crippen LogP contribution in [0.4, 0.5) is 0 Å². The molecular weight excluding hydrogens is 194 g/mol. The van der Waals surface area contributed by atoms with Crippen molar-refractivity contribution in [3.05, 3.63) is 54.3 Å². The highest BCUT2D eigenvalue weighted by Gasteiger charge is 2.17. The normalized spacial score (nSPS) is 10.1. The Balaban J connectivity index is 2.33. The van der Waals surface area contributed by atoms with Gasteiger partial charge in [0.05, 0.1) is 23.6 Å². The minimum absolute atomic E-state index is 0.151. The molecule has 2 aromatic rings. The third kappa shape index (κ3) is 1.74. The van der Waals surface area contributed by atoms with Gasteiger partial charge in [-0.15, -0.1) is 6.58 Å². The van der Waals surface area contributed by atoms with Crippen molar-refractivity contribution >= 4 is 5.78 Å². The lowest BCUT2D eigenvalue weighted by Crippen LogP contribution is -2.01. The summed E-state index contributed by atoms with van der Waals surface area (Å²) in [6.45, 7) is 3.58. The number of aromatic nitrogens is 1. The molecule has 0 unspecified atom stereocenters. The van der Waals surface area contributed by atoms with E-state index in [0.29, 0.717) is 23.3 Å². The molecule has 15 heavy (non-hydrogen) atoms. The van der Waals surface area contributed by atoms with Gasteiger partial charge >= 0.3 is 0 Å². The highest BCUT2D eigenvalue weighted by atomic mass is 16.5. The van der Waals surface area contributed by atoms with E-state index < -0.39 is 0 Å². The minimum atomic E-state index is -0.151. The second kappa shape index (κ2) is 3.96. The van der Waals surface area contributed by atoms with Gasteiger partial charge in [0.1, 0.15) is 6.26 Å². The van der Waals surface area contributed by atoms with Gasteiger partial charge in [-0.05, 0) is 6.07 Å². The first-order valence-corrected chi connectivity index (χ1v) is 4.44. The van der Waals surface area contributed by atoms with E-state index in [0.717, 1.165) is 0 Å². The predicted octanol–water partition coefficient (Wildman–Crippen LogP) is 2.23. The van der Waals surface area contributed by atoms with Crippen molar-refractivity contribution in [3.8, 4) is 0 Å². The second-order valence-electron chi connectivity index (χ2n) is 3.00. The van der Waals surface area contributed by atoms with Crippen molar-refractivity contribution in [3.63, 3.8) is 0 Å². The van der Waals surface area contributed by atoms with E-state index in [-0.39, 0.29) is 5.78 Å². The van der Waals surface area contributed by atoms with Crippen LogP contribution in [0.15, 0.2) is 46.4 Å².